The highest BCUT2D eigenvalue weighted by Crippen LogP contribution is 2.24. The molecule has 0 aromatic carbocycles. The van der Waals surface area contributed by atoms with Crippen LogP contribution in [0.25, 0.3) is 0 Å². The van der Waals surface area contributed by atoms with Crippen LogP contribution in [0.15, 0.2) is 6.07 Å². The summed E-state index contributed by atoms with van der Waals surface area (Å²) in [6.45, 7) is -0.0374. The Kier molecular flexibility index (Phi) is 3.33. The second kappa shape index (κ2) is 4.31. The van der Waals surface area contributed by atoms with E-state index in [4.69, 9.17) is 22.6 Å². The fourth-order valence-electron chi connectivity index (χ4n) is 0.942. The zero-order chi connectivity index (χ0) is 10.7. The predicted octanol–water partition coefficient (Wildman–Crippen LogP) is 2.00. The number of pyridine rings is 1. The van der Waals surface area contributed by atoms with Gasteiger partial charge >= 0.3 is 0 Å². The molecule has 0 aliphatic carbocycles. The first kappa shape index (κ1) is 10.8. The number of nitrogens with zero attached hydrogens (tertiary/aromatic N) is 2. The molecular weight excluding hydrogens is 212 g/mol. The molecule has 2 N–H and O–H groups in total. The highest BCUT2D eigenvalue weighted by Gasteiger charge is 2.17. The Morgan fingerprint density at radius 3 is 2.71 bits per heavy atom. The van der Waals surface area contributed by atoms with Crippen LogP contribution in [0.2, 0.25) is 5.02 Å². The maximum absolute atomic E-state index is 12.4. The molecule has 0 radical (unpaired) electrons. The number of nitriles is 1. The van der Waals surface area contributed by atoms with Gasteiger partial charge in [-0.05, 0) is 6.07 Å². The molecule has 0 fully saturated rings. The molecule has 1 aromatic rings. The summed E-state index contributed by atoms with van der Waals surface area (Å²) in [5, 5.41) is 8.67. The number of halogens is 3. The molecule has 0 saturated heterocycles. The van der Waals surface area contributed by atoms with Crippen LogP contribution in [0, 0.1) is 11.3 Å². The Morgan fingerprint density at radius 2 is 2.29 bits per heavy atom. The maximum atomic E-state index is 12.4. The Labute approximate surface area is 84.1 Å². The van der Waals surface area contributed by atoms with Gasteiger partial charge in [0, 0.05) is 6.54 Å². The second-order valence-electron chi connectivity index (χ2n) is 2.47. The molecule has 0 aliphatic rings. The van der Waals surface area contributed by atoms with E-state index >= 15 is 0 Å². The third kappa shape index (κ3) is 1.97. The smallest absolute Gasteiger partial charge is 0.281 e. The number of nitrogens with two attached hydrogens (primary N) is 1. The minimum absolute atomic E-state index is 0.0374. The first-order chi connectivity index (χ1) is 6.60. The third-order valence-corrected chi connectivity index (χ3v) is 1.93. The molecule has 3 nitrogen and oxygen atoms in total. The van der Waals surface area contributed by atoms with E-state index in [1.54, 1.807) is 6.07 Å². The minimum atomic E-state index is -2.80. The van der Waals surface area contributed by atoms with Crippen molar-refractivity contribution in [1.29, 1.82) is 5.26 Å². The van der Waals surface area contributed by atoms with Gasteiger partial charge in [0.2, 0.25) is 0 Å². The van der Waals surface area contributed by atoms with Crippen molar-refractivity contribution in [2.24, 2.45) is 5.73 Å². The number of hydrogen-bond donors (Lipinski definition) is 1. The normalized spacial score (nSPS) is 10.3. The van der Waals surface area contributed by atoms with Crippen molar-refractivity contribution >= 4 is 11.6 Å². The quantitative estimate of drug-likeness (QED) is 0.824. The number of hydrogen-bond acceptors (Lipinski definition) is 3. The summed E-state index contributed by atoms with van der Waals surface area (Å²) >= 11 is 5.65. The molecule has 0 spiro atoms. The highest BCUT2D eigenvalue weighted by atomic mass is 35.5. The average molecular weight is 218 g/mol. The molecule has 1 rings (SSSR count). The summed E-state index contributed by atoms with van der Waals surface area (Å²) in [7, 11) is 0. The number of alkyl halides is 2. The van der Waals surface area contributed by atoms with Crippen molar-refractivity contribution in [2.45, 2.75) is 13.0 Å². The lowest BCUT2D eigenvalue weighted by Gasteiger charge is -2.05. The Hall–Kier alpha value is -1.25. The number of rotatable bonds is 2. The monoisotopic (exact) mass is 217 g/mol. The van der Waals surface area contributed by atoms with Crippen molar-refractivity contribution in [3.63, 3.8) is 0 Å². The fraction of sp³-hybridized carbons (Fsp3) is 0.250. The first-order valence-electron chi connectivity index (χ1n) is 3.67. The summed E-state index contributed by atoms with van der Waals surface area (Å²) in [4.78, 5) is 3.53. The molecule has 14 heavy (non-hydrogen) atoms. The molecule has 0 bridgehead atoms. The summed E-state index contributed by atoms with van der Waals surface area (Å²) in [6, 6.07) is 2.75. The fourth-order valence-corrected chi connectivity index (χ4v) is 1.17. The van der Waals surface area contributed by atoms with Gasteiger partial charge in [0.1, 0.15) is 11.8 Å². The van der Waals surface area contributed by atoms with Gasteiger partial charge in [0.25, 0.3) is 6.43 Å². The highest BCUT2D eigenvalue weighted by molar-refractivity contribution is 6.31. The van der Waals surface area contributed by atoms with Crippen LogP contribution < -0.4 is 5.73 Å². The standard InChI is InChI=1S/C8H6ClF2N3/c9-5-1-4(2-12)7(8(10)11)14-6(5)3-13/h1,8H,3,13H2. The van der Waals surface area contributed by atoms with E-state index in [2.05, 4.69) is 4.98 Å². The van der Waals surface area contributed by atoms with Gasteiger partial charge in [0.15, 0.2) is 0 Å². The van der Waals surface area contributed by atoms with Crippen LogP contribution in [0.4, 0.5) is 8.78 Å². The van der Waals surface area contributed by atoms with E-state index in [0.717, 1.165) is 6.07 Å². The molecule has 0 unspecified atom stereocenters. The van der Waals surface area contributed by atoms with Gasteiger partial charge in [-0.25, -0.2) is 13.8 Å². The average Bonchev–Trinajstić information content (AvgIpc) is 2.16. The van der Waals surface area contributed by atoms with Crippen LogP contribution in [0.1, 0.15) is 23.4 Å². The maximum Gasteiger partial charge on any atom is 0.281 e. The van der Waals surface area contributed by atoms with E-state index < -0.39 is 12.1 Å². The van der Waals surface area contributed by atoms with Crippen LogP contribution in [0.3, 0.4) is 0 Å². The van der Waals surface area contributed by atoms with Gasteiger partial charge in [-0.1, -0.05) is 11.6 Å². The largest absolute Gasteiger partial charge is 0.325 e. The van der Waals surface area contributed by atoms with Crippen molar-refractivity contribution in [3.8, 4) is 6.07 Å². The lowest BCUT2D eigenvalue weighted by Crippen LogP contribution is -2.05. The van der Waals surface area contributed by atoms with Gasteiger partial charge in [-0.3, -0.25) is 0 Å². The van der Waals surface area contributed by atoms with Crippen molar-refractivity contribution < 1.29 is 8.78 Å². The van der Waals surface area contributed by atoms with Crippen molar-refractivity contribution in [3.05, 3.63) is 28.0 Å². The molecule has 0 amide bonds. The molecule has 1 aromatic heterocycles. The van der Waals surface area contributed by atoms with Crippen LogP contribution >= 0.6 is 11.6 Å². The van der Waals surface area contributed by atoms with Gasteiger partial charge < -0.3 is 5.73 Å². The third-order valence-electron chi connectivity index (χ3n) is 1.60. The van der Waals surface area contributed by atoms with Crippen LogP contribution in [0.5, 0.6) is 0 Å². The van der Waals surface area contributed by atoms with Crippen molar-refractivity contribution in [1.82, 2.24) is 4.98 Å². The zero-order valence-electron chi connectivity index (χ0n) is 6.97. The van der Waals surface area contributed by atoms with Crippen molar-refractivity contribution in [2.75, 3.05) is 0 Å². The van der Waals surface area contributed by atoms with E-state index in [1.807, 2.05) is 0 Å². The molecule has 74 valence electrons. The Morgan fingerprint density at radius 1 is 1.64 bits per heavy atom. The van der Waals surface area contributed by atoms with E-state index in [9.17, 15) is 8.78 Å². The zero-order valence-corrected chi connectivity index (χ0v) is 7.72. The molecule has 6 heteroatoms. The van der Waals surface area contributed by atoms with Crippen LogP contribution in [-0.4, -0.2) is 4.98 Å². The van der Waals surface area contributed by atoms with E-state index in [1.165, 1.54) is 0 Å². The second-order valence-corrected chi connectivity index (χ2v) is 2.87. The summed E-state index contributed by atoms with van der Waals surface area (Å²) in [5.74, 6) is 0. The lowest BCUT2D eigenvalue weighted by molar-refractivity contribution is 0.145. The molecular formula is C8H6ClF2N3. The van der Waals surface area contributed by atoms with Gasteiger partial charge in [-0.2, -0.15) is 5.26 Å². The molecule has 0 aliphatic heterocycles. The molecule has 0 atom stereocenters. The lowest BCUT2D eigenvalue weighted by atomic mass is 10.2. The number of aromatic nitrogens is 1. The topological polar surface area (TPSA) is 62.7 Å². The predicted molar refractivity (Wildman–Crippen MR) is 46.8 cm³/mol. The summed E-state index contributed by atoms with van der Waals surface area (Å²) in [5.41, 5.74) is 4.61. The Balaban J connectivity index is 3.34. The van der Waals surface area contributed by atoms with Gasteiger partial charge in [0.05, 0.1) is 16.3 Å². The molecule has 1 heterocycles. The van der Waals surface area contributed by atoms with Crippen LogP contribution in [-0.2, 0) is 6.54 Å². The minimum Gasteiger partial charge on any atom is -0.325 e. The summed E-state index contributed by atoms with van der Waals surface area (Å²) < 4.78 is 24.7. The summed E-state index contributed by atoms with van der Waals surface area (Å²) in [6.07, 6.45) is -2.80. The Bertz CT molecular complexity index is 387. The SMILES string of the molecule is N#Cc1cc(Cl)c(CN)nc1C(F)F. The van der Waals surface area contributed by atoms with E-state index in [0.29, 0.717) is 0 Å². The van der Waals surface area contributed by atoms with Gasteiger partial charge in [-0.15, -0.1) is 0 Å². The molecule has 0 saturated carbocycles. The van der Waals surface area contributed by atoms with E-state index in [-0.39, 0.29) is 22.8 Å². The first-order valence-corrected chi connectivity index (χ1v) is 4.05.